The highest BCUT2D eigenvalue weighted by Crippen LogP contribution is 2.15. The van der Waals surface area contributed by atoms with Crippen molar-refractivity contribution in [3.8, 4) is 0 Å². The third kappa shape index (κ3) is 4.96. The number of anilines is 1. The molecule has 0 atom stereocenters. The normalized spacial score (nSPS) is 10.4. The van der Waals surface area contributed by atoms with Gasteiger partial charge >= 0.3 is 0 Å². The quantitative estimate of drug-likeness (QED) is 0.836. The lowest BCUT2D eigenvalue weighted by Gasteiger charge is -2.18. The fourth-order valence-electron chi connectivity index (χ4n) is 2.20. The molecule has 0 saturated heterocycles. The molecule has 0 aliphatic carbocycles. The smallest absolute Gasteiger partial charge is 0.251 e. The number of nitrogens with zero attached hydrogens (tertiary/aromatic N) is 2. The van der Waals surface area contributed by atoms with Gasteiger partial charge in [-0.2, -0.15) is 0 Å². The van der Waals surface area contributed by atoms with Crippen LogP contribution in [0, 0.1) is 0 Å². The number of halogens is 1. The molecule has 1 aromatic heterocycles. The Kier molecular flexibility index (Phi) is 6.41. The molecule has 1 N–H and O–H groups in total. The first-order chi connectivity index (χ1) is 11.1. The van der Waals surface area contributed by atoms with Gasteiger partial charge in [-0.3, -0.25) is 4.79 Å². The summed E-state index contributed by atoms with van der Waals surface area (Å²) in [4.78, 5) is 18.7. The summed E-state index contributed by atoms with van der Waals surface area (Å²) >= 11 is 6.10. The fraction of sp³-hybridized carbons (Fsp3) is 0.333. The van der Waals surface area contributed by atoms with Crippen LogP contribution in [-0.4, -0.2) is 24.5 Å². The number of carbonyl (C=O) groups excluding carboxylic acids is 1. The molecule has 0 spiro atoms. The molecular weight excluding hydrogens is 310 g/mol. The standard InChI is InChI=1S/C18H22ClN3O/c1-3-4-11-22(2)17-12-14(9-10-20-17)18(23)21-13-15-7-5-6-8-16(15)19/h5-10,12H,3-4,11,13H2,1-2H3,(H,21,23). The van der Waals surface area contributed by atoms with Gasteiger partial charge in [0.2, 0.25) is 0 Å². The zero-order valence-electron chi connectivity index (χ0n) is 13.6. The average Bonchev–Trinajstić information content (AvgIpc) is 2.58. The summed E-state index contributed by atoms with van der Waals surface area (Å²) in [6.07, 6.45) is 3.89. The predicted molar refractivity (Wildman–Crippen MR) is 95.0 cm³/mol. The van der Waals surface area contributed by atoms with E-state index in [0.717, 1.165) is 30.8 Å². The molecule has 5 heteroatoms. The van der Waals surface area contributed by atoms with Gasteiger partial charge in [-0.25, -0.2) is 4.98 Å². The van der Waals surface area contributed by atoms with Crippen molar-refractivity contribution in [3.63, 3.8) is 0 Å². The third-order valence-electron chi connectivity index (χ3n) is 3.64. The Morgan fingerprint density at radius 1 is 1.30 bits per heavy atom. The Morgan fingerprint density at radius 3 is 2.83 bits per heavy atom. The Labute approximate surface area is 142 Å². The molecule has 1 amide bonds. The van der Waals surface area contributed by atoms with E-state index in [-0.39, 0.29) is 5.91 Å². The van der Waals surface area contributed by atoms with Crippen LogP contribution in [0.4, 0.5) is 5.82 Å². The molecule has 0 bridgehead atoms. The van der Waals surface area contributed by atoms with E-state index in [0.29, 0.717) is 17.1 Å². The monoisotopic (exact) mass is 331 g/mol. The lowest BCUT2D eigenvalue weighted by molar-refractivity contribution is 0.0951. The van der Waals surface area contributed by atoms with E-state index in [9.17, 15) is 4.79 Å². The van der Waals surface area contributed by atoms with Crippen molar-refractivity contribution < 1.29 is 4.79 Å². The van der Waals surface area contributed by atoms with Gasteiger partial charge in [0, 0.05) is 36.9 Å². The minimum absolute atomic E-state index is 0.127. The maximum Gasteiger partial charge on any atom is 0.251 e. The first kappa shape index (κ1) is 17.3. The molecule has 0 aliphatic heterocycles. The van der Waals surface area contributed by atoms with E-state index in [1.54, 1.807) is 12.3 Å². The molecule has 122 valence electrons. The summed E-state index contributed by atoms with van der Waals surface area (Å²) in [6, 6.07) is 11.0. The highest BCUT2D eigenvalue weighted by atomic mass is 35.5. The minimum atomic E-state index is -0.127. The molecule has 2 aromatic rings. The molecule has 0 aliphatic rings. The number of hydrogen-bond acceptors (Lipinski definition) is 3. The van der Waals surface area contributed by atoms with Crippen molar-refractivity contribution in [2.45, 2.75) is 26.3 Å². The van der Waals surface area contributed by atoms with Crippen LogP contribution in [0.5, 0.6) is 0 Å². The van der Waals surface area contributed by atoms with Gasteiger partial charge in [-0.05, 0) is 30.2 Å². The number of hydrogen-bond donors (Lipinski definition) is 1. The molecular formula is C18H22ClN3O. The van der Waals surface area contributed by atoms with Gasteiger partial charge < -0.3 is 10.2 Å². The van der Waals surface area contributed by atoms with Gasteiger partial charge in [0.15, 0.2) is 0 Å². The summed E-state index contributed by atoms with van der Waals surface area (Å²) in [7, 11) is 1.99. The maximum atomic E-state index is 12.3. The zero-order chi connectivity index (χ0) is 16.7. The molecule has 1 aromatic carbocycles. The number of rotatable bonds is 7. The lowest BCUT2D eigenvalue weighted by Crippen LogP contribution is -2.24. The maximum absolute atomic E-state index is 12.3. The van der Waals surface area contributed by atoms with Crippen molar-refractivity contribution >= 4 is 23.3 Å². The van der Waals surface area contributed by atoms with Crippen LogP contribution < -0.4 is 10.2 Å². The third-order valence-corrected chi connectivity index (χ3v) is 4.01. The van der Waals surface area contributed by atoms with E-state index in [4.69, 9.17) is 11.6 Å². The predicted octanol–water partition coefficient (Wildman–Crippen LogP) is 3.90. The minimum Gasteiger partial charge on any atom is -0.360 e. The van der Waals surface area contributed by atoms with Crippen molar-refractivity contribution in [3.05, 3.63) is 58.7 Å². The van der Waals surface area contributed by atoms with Crippen LogP contribution in [0.2, 0.25) is 5.02 Å². The van der Waals surface area contributed by atoms with Gasteiger partial charge in [0.25, 0.3) is 5.91 Å². The van der Waals surface area contributed by atoms with Gasteiger partial charge in [0.05, 0.1) is 0 Å². The fourth-order valence-corrected chi connectivity index (χ4v) is 2.40. The van der Waals surface area contributed by atoms with Crippen LogP contribution in [0.1, 0.15) is 35.7 Å². The topological polar surface area (TPSA) is 45.2 Å². The van der Waals surface area contributed by atoms with Gasteiger partial charge in [0.1, 0.15) is 5.82 Å². The van der Waals surface area contributed by atoms with E-state index < -0.39 is 0 Å². The van der Waals surface area contributed by atoms with Crippen LogP contribution in [0.3, 0.4) is 0 Å². The summed E-state index contributed by atoms with van der Waals surface area (Å²) in [5, 5.41) is 3.55. The number of pyridine rings is 1. The lowest BCUT2D eigenvalue weighted by atomic mass is 10.2. The largest absolute Gasteiger partial charge is 0.360 e. The highest BCUT2D eigenvalue weighted by molar-refractivity contribution is 6.31. The number of benzene rings is 1. The molecule has 4 nitrogen and oxygen atoms in total. The van der Waals surface area contributed by atoms with Crippen molar-refractivity contribution in [2.24, 2.45) is 0 Å². The Balaban J connectivity index is 2.01. The van der Waals surface area contributed by atoms with Crippen molar-refractivity contribution in [2.75, 3.05) is 18.5 Å². The number of aromatic nitrogens is 1. The highest BCUT2D eigenvalue weighted by Gasteiger charge is 2.09. The van der Waals surface area contributed by atoms with Crippen LogP contribution in [0.15, 0.2) is 42.6 Å². The Hall–Kier alpha value is -2.07. The molecule has 23 heavy (non-hydrogen) atoms. The second kappa shape index (κ2) is 8.53. The van der Waals surface area contributed by atoms with E-state index in [2.05, 4.69) is 22.1 Å². The summed E-state index contributed by atoms with van der Waals surface area (Å²) in [6.45, 7) is 3.48. The van der Waals surface area contributed by atoms with Crippen molar-refractivity contribution in [1.82, 2.24) is 10.3 Å². The van der Waals surface area contributed by atoms with E-state index in [1.165, 1.54) is 0 Å². The van der Waals surface area contributed by atoms with Gasteiger partial charge in [-0.1, -0.05) is 43.1 Å². The Bertz CT molecular complexity index is 660. The average molecular weight is 332 g/mol. The molecule has 0 fully saturated rings. The summed E-state index contributed by atoms with van der Waals surface area (Å²) in [5.74, 6) is 0.682. The first-order valence-corrected chi connectivity index (χ1v) is 8.18. The summed E-state index contributed by atoms with van der Waals surface area (Å²) < 4.78 is 0. The molecule has 1 heterocycles. The SMILES string of the molecule is CCCCN(C)c1cc(C(=O)NCc2ccccc2Cl)ccn1. The molecule has 0 unspecified atom stereocenters. The second-order valence-electron chi connectivity index (χ2n) is 5.45. The van der Waals surface area contributed by atoms with Crippen LogP contribution >= 0.6 is 11.6 Å². The number of amides is 1. The molecule has 0 saturated carbocycles. The second-order valence-corrected chi connectivity index (χ2v) is 5.86. The zero-order valence-corrected chi connectivity index (χ0v) is 14.3. The van der Waals surface area contributed by atoms with Crippen LogP contribution in [-0.2, 0) is 6.54 Å². The van der Waals surface area contributed by atoms with Crippen molar-refractivity contribution in [1.29, 1.82) is 0 Å². The number of carbonyl (C=O) groups is 1. The number of nitrogens with one attached hydrogen (secondary N) is 1. The van der Waals surface area contributed by atoms with Crippen LogP contribution in [0.25, 0.3) is 0 Å². The number of unbranched alkanes of at least 4 members (excludes halogenated alkanes) is 1. The first-order valence-electron chi connectivity index (χ1n) is 7.80. The Morgan fingerprint density at radius 2 is 2.09 bits per heavy atom. The summed E-state index contributed by atoms with van der Waals surface area (Å²) in [5.41, 5.74) is 1.50. The van der Waals surface area contributed by atoms with Gasteiger partial charge in [-0.15, -0.1) is 0 Å². The van der Waals surface area contributed by atoms with E-state index in [1.807, 2.05) is 37.4 Å². The molecule has 2 rings (SSSR count). The van der Waals surface area contributed by atoms with E-state index >= 15 is 0 Å². The molecule has 0 radical (unpaired) electrons.